The summed E-state index contributed by atoms with van der Waals surface area (Å²) in [6.07, 6.45) is 2.77. The topological polar surface area (TPSA) is 98.0 Å². The Kier molecular flexibility index (Phi) is 4.04. The van der Waals surface area contributed by atoms with Crippen molar-refractivity contribution < 1.29 is 9.72 Å². The minimum Gasteiger partial charge on any atom is -0.305 e. The van der Waals surface area contributed by atoms with Crippen molar-refractivity contribution in [1.82, 2.24) is 9.97 Å². The van der Waals surface area contributed by atoms with Crippen LogP contribution in [0.25, 0.3) is 0 Å². The first-order chi connectivity index (χ1) is 9.49. The number of aromatic nitrogens is 2. The van der Waals surface area contributed by atoms with Crippen LogP contribution >= 0.6 is 15.9 Å². The van der Waals surface area contributed by atoms with Gasteiger partial charge in [-0.15, -0.1) is 0 Å². The molecule has 2 rings (SSSR count). The summed E-state index contributed by atoms with van der Waals surface area (Å²) in [4.78, 5) is 30.4. The first kappa shape index (κ1) is 14.1. The summed E-state index contributed by atoms with van der Waals surface area (Å²) in [6.45, 7) is 1.58. The second kappa shape index (κ2) is 5.74. The second-order valence-corrected chi connectivity index (χ2v) is 4.72. The monoisotopic (exact) mass is 336 g/mol. The number of benzene rings is 1. The number of hydrogen-bond donors (Lipinski definition) is 1. The lowest BCUT2D eigenvalue weighted by Gasteiger charge is -2.06. The molecule has 2 aromatic rings. The fraction of sp³-hybridized carbons (Fsp3) is 0.0833. The van der Waals surface area contributed by atoms with Gasteiger partial charge in [-0.25, -0.2) is 9.97 Å². The lowest BCUT2D eigenvalue weighted by atomic mass is 10.1. The molecule has 0 atom stereocenters. The Balaban J connectivity index is 2.32. The van der Waals surface area contributed by atoms with E-state index in [-0.39, 0.29) is 17.1 Å². The minimum absolute atomic E-state index is 0.0141. The molecule has 1 heterocycles. The maximum atomic E-state index is 12.1. The molecule has 0 aliphatic heterocycles. The van der Waals surface area contributed by atoms with Crippen LogP contribution < -0.4 is 5.32 Å². The van der Waals surface area contributed by atoms with Crippen molar-refractivity contribution in [3.63, 3.8) is 0 Å². The highest BCUT2D eigenvalue weighted by molar-refractivity contribution is 9.10. The van der Waals surface area contributed by atoms with Gasteiger partial charge in [0.2, 0.25) is 0 Å². The number of halogens is 1. The van der Waals surface area contributed by atoms with Crippen molar-refractivity contribution in [3.05, 3.63) is 56.4 Å². The molecule has 20 heavy (non-hydrogen) atoms. The van der Waals surface area contributed by atoms with Crippen LogP contribution in [-0.2, 0) is 0 Å². The molecular formula is C12H9BrN4O3. The molecule has 1 N–H and O–H groups in total. The van der Waals surface area contributed by atoms with E-state index in [2.05, 4.69) is 31.2 Å². The summed E-state index contributed by atoms with van der Waals surface area (Å²) in [5.74, 6) is -0.383. The third kappa shape index (κ3) is 2.97. The van der Waals surface area contributed by atoms with Crippen molar-refractivity contribution in [2.45, 2.75) is 6.92 Å². The van der Waals surface area contributed by atoms with E-state index < -0.39 is 10.8 Å². The number of carbonyl (C=O) groups excluding carboxylic acids is 1. The number of anilines is 1. The number of hydrogen-bond acceptors (Lipinski definition) is 5. The van der Waals surface area contributed by atoms with Crippen LogP contribution in [0.1, 0.15) is 15.9 Å². The van der Waals surface area contributed by atoms with Gasteiger partial charge in [0.05, 0.1) is 17.3 Å². The molecule has 0 unspecified atom stereocenters. The summed E-state index contributed by atoms with van der Waals surface area (Å²) in [6, 6.07) is 4.56. The predicted octanol–water partition coefficient (Wildman–Crippen LogP) is 2.71. The van der Waals surface area contributed by atoms with E-state index in [1.54, 1.807) is 19.1 Å². The standard InChI is InChI=1S/C12H9BrN4O3/c1-7-3-2-4-8(11(7)17(19)20)12(18)16-10-6-14-9(13)5-15-10/h2-6H,1H3,(H,15,16,18). The number of nitro groups is 1. The lowest BCUT2D eigenvalue weighted by molar-refractivity contribution is -0.385. The largest absolute Gasteiger partial charge is 0.305 e. The number of carbonyl (C=O) groups is 1. The zero-order valence-corrected chi connectivity index (χ0v) is 11.9. The van der Waals surface area contributed by atoms with E-state index in [1.165, 1.54) is 18.5 Å². The summed E-state index contributed by atoms with van der Waals surface area (Å²) >= 11 is 3.12. The van der Waals surface area contributed by atoms with Crippen LogP contribution in [0.5, 0.6) is 0 Å². The third-order valence-electron chi connectivity index (χ3n) is 2.53. The first-order valence-corrected chi connectivity index (χ1v) is 6.31. The molecule has 0 saturated heterocycles. The van der Waals surface area contributed by atoms with Gasteiger partial charge in [-0.1, -0.05) is 12.1 Å². The maximum Gasteiger partial charge on any atom is 0.285 e. The molecule has 8 heteroatoms. The zero-order chi connectivity index (χ0) is 14.7. The van der Waals surface area contributed by atoms with Gasteiger partial charge < -0.3 is 5.32 Å². The Morgan fingerprint density at radius 1 is 1.35 bits per heavy atom. The normalized spacial score (nSPS) is 10.1. The van der Waals surface area contributed by atoms with Gasteiger partial charge in [0.15, 0.2) is 5.82 Å². The van der Waals surface area contributed by atoms with Gasteiger partial charge in [0.25, 0.3) is 11.6 Å². The van der Waals surface area contributed by atoms with Crippen LogP contribution in [0.3, 0.4) is 0 Å². The average molecular weight is 337 g/mol. The molecule has 0 spiro atoms. The highest BCUT2D eigenvalue weighted by Gasteiger charge is 2.22. The molecule has 0 saturated carbocycles. The van der Waals surface area contributed by atoms with E-state index >= 15 is 0 Å². The minimum atomic E-state index is -0.600. The van der Waals surface area contributed by atoms with Crippen molar-refractivity contribution in [2.75, 3.05) is 5.32 Å². The molecule has 7 nitrogen and oxygen atoms in total. The predicted molar refractivity (Wildman–Crippen MR) is 75.5 cm³/mol. The summed E-state index contributed by atoms with van der Waals surface area (Å²) in [5, 5.41) is 13.5. The number of nitro benzene ring substituents is 1. The number of para-hydroxylation sites is 1. The molecule has 0 aliphatic rings. The van der Waals surface area contributed by atoms with Gasteiger partial charge in [-0.2, -0.15) is 0 Å². The highest BCUT2D eigenvalue weighted by Crippen LogP contribution is 2.23. The molecule has 0 aliphatic carbocycles. The van der Waals surface area contributed by atoms with Crippen LogP contribution in [0.4, 0.5) is 11.5 Å². The Bertz CT molecular complexity index is 673. The number of nitrogens with one attached hydrogen (secondary N) is 1. The van der Waals surface area contributed by atoms with E-state index in [4.69, 9.17) is 0 Å². The Labute approximate surface area is 122 Å². The molecule has 1 aromatic heterocycles. The van der Waals surface area contributed by atoms with Crippen molar-refractivity contribution >= 4 is 33.3 Å². The fourth-order valence-electron chi connectivity index (χ4n) is 1.65. The third-order valence-corrected chi connectivity index (χ3v) is 2.94. The van der Waals surface area contributed by atoms with Crippen LogP contribution in [0.2, 0.25) is 0 Å². The number of aryl methyl sites for hydroxylation is 1. The van der Waals surface area contributed by atoms with E-state index in [9.17, 15) is 14.9 Å². The molecule has 102 valence electrons. The summed E-state index contributed by atoms with van der Waals surface area (Å²) in [5.41, 5.74) is 0.194. The average Bonchev–Trinajstić information content (AvgIpc) is 2.40. The smallest absolute Gasteiger partial charge is 0.285 e. The van der Waals surface area contributed by atoms with Crippen LogP contribution in [0, 0.1) is 17.0 Å². The summed E-state index contributed by atoms with van der Waals surface area (Å²) in [7, 11) is 0. The van der Waals surface area contributed by atoms with E-state index in [0.717, 1.165) is 0 Å². The zero-order valence-electron chi connectivity index (χ0n) is 10.3. The molecular weight excluding hydrogens is 328 g/mol. The second-order valence-electron chi connectivity index (χ2n) is 3.91. The maximum absolute atomic E-state index is 12.1. The molecule has 0 bridgehead atoms. The van der Waals surface area contributed by atoms with Gasteiger partial charge in [0.1, 0.15) is 10.2 Å². The van der Waals surface area contributed by atoms with E-state index in [1.807, 2.05) is 0 Å². The van der Waals surface area contributed by atoms with Gasteiger partial charge >= 0.3 is 0 Å². The fourth-order valence-corrected chi connectivity index (χ4v) is 1.85. The SMILES string of the molecule is Cc1cccc(C(=O)Nc2cnc(Br)cn2)c1[N+](=O)[O-]. The Morgan fingerprint density at radius 3 is 2.70 bits per heavy atom. The van der Waals surface area contributed by atoms with Crippen molar-refractivity contribution in [1.29, 1.82) is 0 Å². The molecule has 1 aromatic carbocycles. The number of nitrogens with zero attached hydrogens (tertiary/aromatic N) is 3. The van der Waals surface area contributed by atoms with Crippen molar-refractivity contribution in [2.24, 2.45) is 0 Å². The van der Waals surface area contributed by atoms with Crippen LogP contribution in [0.15, 0.2) is 35.2 Å². The van der Waals surface area contributed by atoms with Crippen molar-refractivity contribution in [3.8, 4) is 0 Å². The van der Waals surface area contributed by atoms with E-state index in [0.29, 0.717) is 10.2 Å². The number of amides is 1. The highest BCUT2D eigenvalue weighted by atomic mass is 79.9. The lowest BCUT2D eigenvalue weighted by Crippen LogP contribution is -2.15. The molecule has 0 radical (unpaired) electrons. The Morgan fingerprint density at radius 2 is 2.10 bits per heavy atom. The Hall–Kier alpha value is -2.35. The summed E-state index contributed by atoms with van der Waals surface area (Å²) < 4.78 is 0.525. The quantitative estimate of drug-likeness (QED) is 0.686. The van der Waals surface area contributed by atoms with Gasteiger partial charge in [-0.3, -0.25) is 14.9 Å². The van der Waals surface area contributed by atoms with Gasteiger partial charge in [0, 0.05) is 5.56 Å². The first-order valence-electron chi connectivity index (χ1n) is 5.52. The van der Waals surface area contributed by atoms with Crippen LogP contribution in [-0.4, -0.2) is 20.8 Å². The van der Waals surface area contributed by atoms with Gasteiger partial charge in [-0.05, 0) is 28.9 Å². The molecule has 0 fully saturated rings. The molecule has 1 amide bonds. The number of rotatable bonds is 3.